The lowest BCUT2D eigenvalue weighted by molar-refractivity contribution is -0.122. The molecule has 0 radical (unpaired) electrons. The van der Waals surface area contributed by atoms with Gasteiger partial charge in [0.25, 0.3) is 6.47 Å². The normalized spacial score (nSPS) is 9.53. The van der Waals surface area contributed by atoms with Gasteiger partial charge < -0.3 is 9.84 Å². The fourth-order valence-electron chi connectivity index (χ4n) is 1.38. The van der Waals surface area contributed by atoms with Crippen LogP contribution in [0.4, 0.5) is 0 Å². The van der Waals surface area contributed by atoms with E-state index in [1.807, 2.05) is 0 Å². The zero-order chi connectivity index (χ0) is 13.4. The van der Waals surface area contributed by atoms with Crippen molar-refractivity contribution in [3.63, 3.8) is 0 Å². The van der Waals surface area contributed by atoms with Crippen molar-refractivity contribution >= 4 is 18.2 Å². The zero-order valence-electron chi connectivity index (χ0n) is 11.0. The second-order valence-corrected chi connectivity index (χ2v) is 4.71. The molecule has 1 rings (SSSR count). The number of benzene rings is 1. The van der Waals surface area contributed by atoms with Crippen LogP contribution in [-0.4, -0.2) is 23.9 Å². The Hall–Kier alpha value is -1.16. The van der Waals surface area contributed by atoms with Gasteiger partial charge in [0.15, 0.2) is 0 Å². The second-order valence-electron chi connectivity index (χ2n) is 3.86. The highest BCUT2D eigenvalue weighted by atomic mass is 32.2. The van der Waals surface area contributed by atoms with Crippen molar-refractivity contribution in [2.45, 2.75) is 38.7 Å². The molecule has 0 atom stereocenters. The van der Waals surface area contributed by atoms with Gasteiger partial charge in [0.05, 0.1) is 6.10 Å². The number of hydrogen-bond donors (Lipinski definition) is 1. The maximum absolute atomic E-state index is 8.36. The molecule has 96 valence electrons. The van der Waals surface area contributed by atoms with E-state index in [1.54, 1.807) is 11.8 Å². The third kappa shape index (κ3) is 5.63. The monoisotopic (exact) mass is 256 g/mol. The van der Waals surface area contributed by atoms with E-state index in [1.165, 1.54) is 16.0 Å². The Labute approximate surface area is 107 Å². The molecule has 0 bridgehead atoms. The number of ether oxygens (including phenoxy) is 1. The number of aryl methyl sites for hydroxylation is 1. The van der Waals surface area contributed by atoms with Crippen LogP contribution in [0.2, 0.25) is 0 Å². The fraction of sp³-hybridized carbons (Fsp3) is 0.462. The average molecular weight is 256 g/mol. The van der Waals surface area contributed by atoms with Gasteiger partial charge in [-0.1, -0.05) is 0 Å². The van der Waals surface area contributed by atoms with E-state index in [0.717, 1.165) is 5.75 Å². The molecule has 0 amide bonds. The molecule has 0 saturated heterocycles. The second kappa shape index (κ2) is 8.01. The number of rotatable bonds is 3. The van der Waals surface area contributed by atoms with Crippen molar-refractivity contribution in [2.24, 2.45) is 0 Å². The van der Waals surface area contributed by atoms with Crippen LogP contribution < -0.4 is 4.74 Å². The standard InChI is InChI=1S/C12H18OS.CH2O2/c1-8(2)13-11-6-9(3)7-12(14-5)10(11)4;2-1-3/h6-8H,1-5H3;1H,(H,2,3). The SMILES string of the molecule is CSc1cc(C)cc(OC(C)C)c1C.O=CO. The number of hydrogen-bond acceptors (Lipinski definition) is 3. The molecule has 4 heteroatoms. The molecule has 0 aromatic heterocycles. The third-order valence-corrected chi connectivity index (χ3v) is 2.90. The van der Waals surface area contributed by atoms with Crippen molar-refractivity contribution in [1.82, 2.24) is 0 Å². The van der Waals surface area contributed by atoms with E-state index < -0.39 is 0 Å². The first-order valence-corrected chi connectivity index (χ1v) is 6.58. The van der Waals surface area contributed by atoms with E-state index >= 15 is 0 Å². The summed E-state index contributed by atoms with van der Waals surface area (Å²) in [5.74, 6) is 1.02. The molecule has 0 aliphatic rings. The summed E-state index contributed by atoms with van der Waals surface area (Å²) in [6.07, 6.45) is 2.34. The Morgan fingerprint density at radius 3 is 2.29 bits per heavy atom. The first kappa shape index (κ1) is 15.8. The third-order valence-electron chi connectivity index (χ3n) is 2.04. The van der Waals surface area contributed by atoms with E-state index in [-0.39, 0.29) is 12.6 Å². The van der Waals surface area contributed by atoms with Crippen LogP contribution in [-0.2, 0) is 4.79 Å². The van der Waals surface area contributed by atoms with Crippen LogP contribution in [0, 0.1) is 13.8 Å². The minimum atomic E-state index is -0.250. The van der Waals surface area contributed by atoms with Crippen molar-refractivity contribution < 1.29 is 14.6 Å². The summed E-state index contributed by atoms with van der Waals surface area (Å²) in [7, 11) is 0. The molecule has 0 aliphatic carbocycles. The molecule has 0 unspecified atom stereocenters. The van der Waals surface area contributed by atoms with E-state index in [4.69, 9.17) is 14.6 Å². The largest absolute Gasteiger partial charge is 0.491 e. The van der Waals surface area contributed by atoms with E-state index in [2.05, 4.69) is 46.1 Å². The van der Waals surface area contributed by atoms with Gasteiger partial charge in [-0.3, -0.25) is 4.79 Å². The van der Waals surface area contributed by atoms with Crippen molar-refractivity contribution in [3.05, 3.63) is 23.3 Å². The molecular formula is C13H20O3S. The lowest BCUT2D eigenvalue weighted by atomic mass is 10.1. The van der Waals surface area contributed by atoms with Gasteiger partial charge in [0, 0.05) is 10.5 Å². The Morgan fingerprint density at radius 1 is 1.35 bits per heavy atom. The summed E-state index contributed by atoms with van der Waals surface area (Å²) in [5.41, 5.74) is 2.51. The van der Waals surface area contributed by atoms with Crippen molar-refractivity contribution in [3.8, 4) is 5.75 Å². The Balaban J connectivity index is 0.000000770. The Morgan fingerprint density at radius 2 is 1.88 bits per heavy atom. The highest BCUT2D eigenvalue weighted by Crippen LogP contribution is 2.30. The maximum Gasteiger partial charge on any atom is 0.290 e. The summed E-state index contributed by atoms with van der Waals surface area (Å²) < 4.78 is 5.75. The minimum Gasteiger partial charge on any atom is -0.491 e. The van der Waals surface area contributed by atoms with Crippen molar-refractivity contribution in [2.75, 3.05) is 6.26 Å². The average Bonchev–Trinajstić information content (AvgIpc) is 2.23. The molecule has 0 spiro atoms. The van der Waals surface area contributed by atoms with Crippen LogP contribution in [0.25, 0.3) is 0 Å². The predicted molar refractivity (Wildman–Crippen MR) is 72.2 cm³/mol. The first-order chi connectivity index (χ1) is 7.96. The minimum absolute atomic E-state index is 0.241. The van der Waals surface area contributed by atoms with Gasteiger partial charge in [-0.15, -0.1) is 11.8 Å². The number of carbonyl (C=O) groups is 1. The quantitative estimate of drug-likeness (QED) is 0.664. The predicted octanol–water partition coefficient (Wildman–Crippen LogP) is 3.51. The van der Waals surface area contributed by atoms with E-state index in [9.17, 15) is 0 Å². The summed E-state index contributed by atoms with van der Waals surface area (Å²) in [4.78, 5) is 9.67. The van der Waals surface area contributed by atoms with Crippen LogP contribution in [0.15, 0.2) is 17.0 Å². The van der Waals surface area contributed by atoms with Gasteiger partial charge in [-0.2, -0.15) is 0 Å². The fourth-order valence-corrected chi connectivity index (χ4v) is 2.09. The van der Waals surface area contributed by atoms with Gasteiger partial charge in [0.2, 0.25) is 0 Å². The zero-order valence-corrected chi connectivity index (χ0v) is 11.8. The lowest BCUT2D eigenvalue weighted by Crippen LogP contribution is -2.07. The van der Waals surface area contributed by atoms with Gasteiger partial charge in [-0.25, -0.2) is 0 Å². The molecule has 17 heavy (non-hydrogen) atoms. The maximum atomic E-state index is 8.36. The first-order valence-electron chi connectivity index (χ1n) is 5.36. The number of thioether (sulfide) groups is 1. The molecule has 1 aromatic rings. The summed E-state index contributed by atoms with van der Waals surface area (Å²) in [6.45, 7) is 8.08. The topological polar surface area (TPSA) is 46.5 Å². The summed E-state index contributed by atoms with van der Waals surface area (Å²) in [5, 5.41) is 6.89. The molecular weight excluding hydrogens is 236 g/mol. The Bertz CT molecular complexity index is 362. The molecule has 3 nitrogen and oxygen atoms in total. The molecule has 0 heterocycles. The van der Waals surface area contributed by atoms with Crippen LogP contribution in [0.5, 0.6) is 5.75 Å². The van der Waals surface area contributed by atoms with Crippen molar-refractivity contribution in [1.29, 1.82) is 0 Å². The molecule has 0 fully saturated rings. The lowest BCUT2D eigenvalue weighted by Gasteiger charge is -2.15. The highest BCUT2D eigenvalue weighted by Gasteiger charge is 2.07. The Kier molecular flexibility index (Phi) is 7.46. The molecule has 0 saturated carbocycles. The highest BCUT2D eigenvalue weighted by molar-refractivity contribution is 7.98. The smallest absolute Gasteiger partial charge is 0.290 e. The van der Waals surface area contributed by atoms with E-state index in [0.29, 0.717) is 0 Å². The summed E-state index contributed by atoms with van der Waals surface area (Å²) >= 11 is 1.77. The summed E-state index contributed by atoms with van der Waals surface area (Å²) in [6, 6.07) is 4.31. The van der Waals surface area contributed by atoms with Gasteiger partial charge in [-0.05, 0) is 51.6 Å². The molecule has 0 aliphatic heterocycles. The van der Waals surface area contributed by atoms with Crippen LogP contribution in [0.1, 0.15) is 25.0 Å². The molecule has 1 aromatic carbocycles. The van der Waals surface area contributed by atoms with Gasteiger partial charge >= 0.3 is 0 Å². The van der Waals surface area contributed by atoms with Crippen LogP contribution in [0.3, 0.4) is 0 Å². The van der Waals surface area contributed by atoms with Crippen LogP contribution >= 0.6 is 11.8 Å². The number of carboxylic acid groups (broad SMARTS) is 1. The van der Waals surface area contributed by atoms with Gasteiger partial charge in [0.1, 0.15) is 5.75 Å². The molecule has 1 N–H and O–H groups in total.